The number of nitrogens with zero attached hydrogens (tertiary/aromatic N) is 3. The summed E-state index contributed by atoms with van der Waals surface area (Å²) in [6.45, 7) is 12.1. The van der Waals surface area contributed by atoms with Crippen LogP contribution in [0.4, 0.5) is 5.95 Å². The summed E-state index contributed by atoms with van der Waals surface area (Å²) in [4.78, 5) is 31.7. The highest BCUT2D eigenvalue weighted by Crippen LogP contribution is 2.37. The first-order valence-corrected chi connectivity index (χ1v) is 13.5. The lowest BCUT2D eigenvalue weighted by Crippen LogP contribution is -2.41. The number of aliphatic hydroxyl groups is 1. The van der Waals surface area contributed by atoms with E-state index in [1.165, 1.54) is 12.5 Å². The minimum absolute atomic E-state index is 0.0463. The zero-order chi connectivity index (χ0) is 26.0. The Morgan fingerprint density at radius 1 is 1.11 bits per heavy atom. The molecular formula is C28H43N5O3. The maximum atomic E-state index is 12.5. The monoisotopic (exact) mass is 497 g/mol. The lowest BCUT2D eigenvalue weighted by atomic mass is 9.83. The third-order valence-corrected chi connectivity index (χ3v) is 7.90. The molecule has 0 radical (unpaired) electrons. The molecule has 8 heteroatoms. The first-order valence-electron chi connectivity index (χ1n) is 13.5. The summed E-state index contributed by atoms with van der Waals surface area (Å²) in [5.74, 6) is 1.000. The van der Waals surface area contributed by atoms with E-state index < -0.39 is 5.60 Å². The molecule has 8 nitrogen and oxygen atoms in total. The first-order chi connectivity index (χ1) is 17.0. The smallest absolute Gasteiger partial charge is 0.223 e. The van der Waals surface area contributed by atoms with Crippen LogP contribution < -0.4 is 10.6 Å². The molecule has 2 amide bonds. The van der Waals surface area contributed by atoms with Crippen molar-refractivity contribution in [3.05, 3.63) is 23.8 Å². The van der Waals surface area contributed by atoms with Crippen LogP contribution in [-0.4, -0.2) is 56.1 Å². The number of hydrogen-bond donors (Lipinski definition) is 3. The van der Waals surface area contributed by atoms with E-state index in [2.05, 4.69) is 38.3 Å². The third kappa shape index (κ3) is 6.27. The second kappa shape index (κ2) is 10.9. The van der Waals surface area contributed by atoms with Gasteiger partial charge in [-0.15, -0.1) is 0 Å². The zero-order valence-corrected chi connectivity index (χ0v) is 22.5. The van der Waals surface area contributed by atoms with Gasteiger partial charge in [0.05, 0.1) is 16.6 Å². The summed E-state index contributed by atoms with van der Waals surface area (Å²) >= 11 is 0. The number of carbonyl (C=O) groups is 2. The van der Waals surface area contributed by atoms with E-state index in [4.69, 9.17) is 4.98 Å². The van der Waals surface area contributed by atoms with E-state index >= 15 is 0 Å². The van der Waals surface area contributed by atoms with Crippen LogP contribution in [0.1, 0.15) is 84.7 Å². The Morgan fingerprint density at radius 3 is 2.36 bits per heavy atom. The van der Waals surface area contributed by atoms with Gasteiger partial charge in [-0.3, -0.25) is 19.8 Å². The Balaban J connectivity index is 1.52. The third-order valence-electron chi connectivity index (χ3n) is 7.90. The van der Waals surface area contributed by atoms with Crippen molar-refractivity contribution in [3.8, 4) is 0 Å². The van der Waals surface area contributed by atoms with Gasteiger partial charge in [0.25, 0.3) is 0 Å². The van der Waals surface area contributed by atoms with E-state index in [1.807, 2.05) is 27.7 Å². The number of nitrogens with one attached hydrogen (secondary N) is 2. The average Bonchev–Trinajstić information content (AvgIpc) is 3.15. The highest BCUT2D eigenvalue weighted by molar-refractivity contribution is 5.90. The zero-order valence-electron chi connectivity index (χ0n) is 22.5. The normalized spacial score (nSPS) is 22.2. The number of anilines is 1. The number of imidazole rings is 1. The van der Waals surface area contributed by atoms with Gasteiger partial charge in [0.15, 0.2) is 0 Å². The van der Waals surface area contributed by atoms with Crippen molar-refractivity contribution in [1.82, 2.24) is 19.8 Å². The number of carbonyl (C=O) groups excluding carboxylic acids is 2. The van der Waals surface area contributed by atoms with Gasteiger partial charge in [0.1, 0.15) is 0 Å². The van der Waals surface area contributed by atoms with E-state index in [0.29, 0.717) is 11.9 Å². The largest absolute Gasteiger partial charge is 0.390 e. The predicted molar refractivity (Wildman–Crippen MR) is 143 cm³/mol. The molecule has 2 fully saturated rings. The highest BCUT2D eigenvalue weighted by Gasteiger charge is 2.31. The highest BCUT2D eigenvalue weighted by atomic mass is 16.3. The van der Waals surface area contributed by atoms with Crippen LogP contribution >= 0.6 is 0 Å². The second-order valence-corrected chi connectivity index (χ2v) is 11.7. The molecule has 4 rings (SSSR count). The van der Waals surface area contributed by atoms with E-state index in [9.17, 15) is 14.7 Å². The van der Waals surface area contributed by atoms with Crippen molar-refractivity contribution in [3.63, 3.8) is 0 Å². The average molecular weight is 498 g/mol. The van der Waals surface area contributed by atoms with Gasteiger partial charge in [-0.05, 0) is 103 Å². The maximum Gasteiger partial charge on any atom is 0.223 e. The fourth-order valence-corrected chi connectivity index (χ4v) is 5.91. The predicted octanol–water partition coefficient (Wildman–Crippen LogP) is 4.23. The molecule has 1 aliphatic carbocycles. The van der Waals surface area contributed by atoms with Crippen molar-refractivity contribution in [2.45, 2.75) is 97.4 Å². The number of benzene rings is 1. The summed E-state index contributed by atoms with van der Waals surface area (Å²) in [5.41, 5.74) is 2.52. The van der Waals surface area contributed by atoms with Crippen molar-refractivity contribution < 1.29 is 14.7 Å². The van der Waals surface area contributed by atoms with Gasteiger partial charge in [0, 0.05) is 31.5 Å². The van der Waals surface area contributed by atoms with Crippen LogP contribution in [0.3, 0.4) is 0 Å². The van der Waals surface area contributed by atoms with Crippen molar-refractivity contribution in [2.24, 2.45) is 11.8 Å². The summed E-state index contributed by atoms with van der Waals surface area (Å²) < 4.78 is 2.19. The number of hydrogen-bond acceptors (Lipinski definition) is 5. The van der Waals surface area contributed by atoms with Crippen LogP contribution in [0.15, 0.2) is 18.2 Å². The van der Waals surface area contributed by atoms with Gasteiger partial charge in [-0.1, -0.05) is 6.07 Å². The van der Waals surface area contributed by atoms with E-state index in [-0.39, 0.29) is 29.8 Å². The number of likely N-dealkylation sites (tertiary alicyclic amines) is 1. The lowest BCUT2D eigenvalue weighted by Gasteiger charge is -2.37. The van der Waals surface area contributed by atoms with Crippen LogP contribution in [0.5, 0.6) is 0 Å². The van der Waals surface area contributed by atoms with Crippen molar-refractivity contribution in [1.29, 1.82) is 0 Å². The molecule has 198 valence electrons. The van der Waals surface area contributed by atoms with Crippen LogP contribution in [-0.2, 0) is 16.1 Å². The first kappa shape index (κ1) is 26.6. The molecule has 1 aromatic heterocycles. The topological polar surface area (TPSA) is 99.5 Å². The fourth-order valence-electron chi connectivity index (χ4n) is 5.91. The summed E-state index contributed by atoms with van der Waals surface area (Å²) in [6.07, 6.45) is 5.43. The molecule has 1 aliphatic heterocycles. The van der Waals surface area contributed by atoms with Crippen LogP contribution in [0.25, 0.3) is 11.0 Å². The maximum absolute atomic E-state index is 12.5. The van der Waals surface area contributed by atoms with Gasteiger partial charge < -0.3 is 15.0 Å². The van der Waals surface area contributed by atoms with Gasteiger partial charge >= 0.3 is 0 Å². The molecule has 0 spiro atoms. The van der Waals surface area contributed by atoms with E-state index in [0.717, 1.165) is 69.2 Å². The molecule has 1 saturated carbocycles. The van der Waals surface area contributed by atoms with Crippen LogP contribution in [0, 0.1) is 11.8 Å². The van der Waals surface area contributed by atoms with Gasteiger partial charge in [-0.25, -0.2) is 4.98 Å². The minimum atomic E-state index is -0.619. The minimum Gasteiger partial charge on any atom is -0.390 e. The number of piperidine rings is 1. The summed E-state index contributed by atoms with van der Waals surface area (Å²) in [5, 5.41) is 16.4. The Labute approximate surface area is 214 Å². The number of amides is 2. The molecule has 0 atom stereocenters. The number of rotatable bonds is 7. The molecule has 1 aromatic carbocycles. The molecule has 2 heterocycles. The van der Waals surface area contributed by atoms with E-state index in [1.54, 1.807) is 0 Å². The lowest BCUT2D eigenvalue weighted by molar-refractivity contribution is -0.126. The Hall–Kier alpha value is -2.45. The Morgan fingerprint density at radius 2 is 1.78 bits per heavy atom. The van der Waals surface area contributed by atoms with Gasteiger partial charge in [0.2, 0.25) is 17.8 Å². The van der Waals surface area contributed by atoms with Gasteiger partial charge in [-0.2, -0.15) is 0 Å². The van der Waals surface area contributed by atoms with Crippen molar-refractivity contribution in [2.75, 3.05) is 18.4 Å². The molecule has 2 aromatic rings. The molecule has 36 heavy (non-hydrogen) atoms. The fraction of sp³-hybridized carbons (Fsp3) is 0.679. The van der Waals surface area contributed by atoms with Crippen molar-refractivity contribution >= 4 is 28.8 Å². The number of aromatic nitrogens is 2. The summed E-state index contributed by atoms with van der Waals surface area (Å²) in [7, 11) is 0. The molecule has 2 aliphatic rings. The quantitative estimate of drug-likeness (QED) is 0.532. The summed E-state index contributed by atoms with van der Waals surface area (Å²) in [6, 6.07) is 6.74. The SMILES string of the molecule is CC(=O)Nc1nc2ccc(CN3CCC(C(C)(C)O)CC3)cc2n1C1CCC(C(=O)NC(C)C)CC1. The molecular weight excluding hydrogens is 454 g/mol. The van der Waals surface area contributed by atoms with Crippen LogP contribution in [0.2, 0.25) is 0 Å². The Bertz CT molecular complexity index is 1070. The molecule has 0 bridgehead atoms. The standard InChI is InChI=1S/C28H43N5O3/c1-18(2)29-26(35)21-7-9-23(10-8-21)33-25-16-20(6-11-24(25)31-27(33)30-19(3)34)17-32-14-12-22(13-15-32)28(4,5)36/h6,11,16,18,21-23,36H,7-10,12-15,17H2,1-5H3,(H,29,35)(H,30,31,34). The Kier molecular flexibility index (Phi) is 8.05. The molecule has 1 saturated heterocycles. The molecule has 0 unspecified atom stereocenters. The molecule has 3 N–H and O–H groups in total. The number of fused-ring (bicyclic) bond motifs is 1. The second-order valence-electron chi connectivity index (χ2n) is 11.7.